The van der Waals surface area contributed by atoms with E-state index in [-0.39, 0.29) is 5.41 Å². The largest absolute Gasteiger partial charge is 0.398 e. The van der Waals surface area contributed by atoms with Gasteiger partial charge >= 0.3 is 0 Å². The lowest BCUT2D eigenvalue weighted by Crippen LogP contribution is -2.15. The Morgan fingerprint density at radius 3 is 2.35 bits per heavy atom. The molecule has 0 unspecified atom stereocenters. The third-order valence-corrected chi connectivity index (χ3v) is 5.05. The third-order valence-electron chi connectivity index (χ3n) is 5.05. The quantitative estimate of drug-likeness (QED) is 0.649. The summed E-state index contributed by atoms with van der Waals surface area (Å²) in [6.07, 6.45) is 0.955. The molecule has 4 rings (SSSR count). The lowest BCUT2D eigenvalue weighted by Gasteiger charge is -2.21. The van der Waals surface area contributed by atoms with Gasteiger partial charge in [0.2, 0.25) is 0 Å². The fraction of sp³-hybridized carbons (Fsp3) is 0.182. The van der Waals surface area contributed by atoms with Crippen molar-refractivity contribution >= 4 is 5.69 Å². The summed E-state index contributed by atoms with van der Waals surface area (Å²) < 4.78 is 0. The van der Waals surface area contributed by atoms with Crippen LogP contribution in [0.3, 0.4) is 0 Å². The maximum Gasteiger partial charge on any atom is 0.0396 e. The Bertz CT molecular complexity index is 876. The van der Waals surface area contributed by atoms with Crippen LogP contribution in [-0.4, -0.2) is 0 Å². The number of anilines is 1. The lowest BCUT2D eigenvalue weighted by molar-refractivity contribution is 0.660. The highest BCUT2D eigenvalue weighted by Gasteiger charge is 2.36. The molecule has 3 aromatic carbocycles. The average molecular weight is 299 g/mol. The number of fused-ring (bicyclic) bond motifs is 3. The average Bonchev–Trinajstić information content (AvgIpc) is 2.77. The molecule has 0 amide bonds. The summed E-state index contributed by atoms with van der Waals surface area (Å²) in [4.78, 5) is 0. The van der Waals surface area contributed by atoms with Crippen molar-refractivity contribution in [1.82, 2.24) is 0 Å². The third kappa shape index (κ3) is 2.16. The topological polar surface area (TPSA) is 26.0 Å². The molecule has 0 heterocycles. The number of nitrogen functional groups attached to an aromatic ring is 1. The van der Waals surface area contributed by atoms with Gasteiger partial charge in [-0.05, 0) is 40.3 Å². The highest BCUT2D eigenvalue weighted by Crippen LogP contribution is 2.50. The number of nitrogens with two attached hydrogens (primary N) is 1. The van der Waals surface area contributed by atoms with Crippen molar-refractivity contribution in [3.8, 4) is 11.1 Å². The normalized spacial score (nSPS) is 14.3. The summed E-state index contributed by atoms with van der Waals surface area (Å²) in [5.74, 6) is 0. The number of hydrogen-bond acceptors (Lipinski definition) is 1. The van der Waals surface area contributed by atoms with Crippen molar-refractivity contribution in [1.29, 1.82) is 0 Å². The van der Waals surface area contributed by atoms with Crippen molar-refractivity contribution < 1.29 is 0 Å². The van der Waals surface area contributed by atoms with Gasteiger partial charge in [-0.3, -0.25) is 0 Å². The van der Waals surface area contributed by atoms with Gasteiger partial charge < -0.3 is 5.73 Å². The Balaban J connectivity index is 1.84. The Hall–Kier alpha value is -2.54. The summed E-state index contributed by atoms with van der Waals surface area (Å²) in [7, 11) is 0. The summed E-state index contributed by atoms with van der Waals surface area (Å²) >= 11 is 0. The fourth-order valence-corrected chi connectivity index (χ4v) is 3.82. The summed E-state index contributed by atoms with van der Waals surface area (Å²) in [6, 6.07) is 23.8. The molecule has 0 bridgehead atoms. The van der Waals surface area contributed by atoms with E-state index in [4.69, 9.17) is 5.73 Å². The van der Waals surface area contributed by atoms with Gasteiger partial charge in [0.05, 0.1) is 0 Å². The zero-order valence-electron chi connectivity index (χ0n) is 13.6. The molecular formula is C22H21N. The van der Waals surface area contributed by atoms with Crippen LogP contribution in [0.1, 0.15) is 36.1 Å². The van der Waals surface area contributed by atoms with Gasteiger partial charge in [-0.15, -0.1) is 0 Å². The zero-order chi connectivity index (χ0) is 16.0. The van der Waals surface area contributed by atoms with Crippen LogP contribution < -0.4 is 5.73 Å². The van der Waals surface area contributed by atoms with Crippen LogP contribution in [0, 0.1) is 0 Å². The van der Waals surface area contributed by atoms with E-state index in [0.29, 0.717) is 0 Å². The first kappa shape index (κ1) is 14.1. The number of rotatable bonds is 2. The molecule has 0 atom stereocenters. The van der Waals surface area contributed by atoms with Crippen LogP contribution in [-0.2, 0) is 11.8 Å². The molecule has 23 heavy (non-hydrogen) atoms. The standard InChI is InChI=1S/C22H21N/c1-22(2)18-12-11-16(13-15-7-4-3-5-8-15)14-17(18)21-19(22)9-6-10-20(21)23/h3-12,14H,13,23H2,1-2H3. The predicted molar refractivity (Wildman–Crippen MR) is 97.7 cm³/mol. The lowest BCUT2D eigenvalue weighted by atomic mass is 9.82. The van der Waals surface area contributed by atoms with Crippen LogP contribution in [0.15, 0.2) is 66.7 Å². The monoisotopic (exact) mass is 299 g/mol. The Morgan fingerprint density at radius 2 is 1.57 bits per heavy atom. The van der Waals surface area contributed by atoms with Crippen molar-refractivity contribution in [3.05, 3.63) is 89.0 Å². The molecule has 114 valence electrons. The summed E-state index contributed by atoms with van der Waals surface area (Å²) in [5.41, 5.74) is 15.1. The van der Waals surface area contributed by atoms with Crippen LogP contribution in [0.25, 0.3) is 11.1 Å². The second-order valence-electron chi connectivity index (χ2n) is 6.94. The van der Waals surface area contributed by atoms with Crippen LogP contribution in [0.5, 0.6) is 0 Å². The maximum absolute atomic E-state index is 6.31. The zero-order valence-corrected chi connectivity index (χ0v) is 13.6. The summed E-state index contributed by atoms with van der Waals surface area (Å²) in [5, 5.41) is 0. The molecule has 0 saturated carbocycles. The van der Waals surface area contributed by atoms with Gasteiger partial charge in [0.25, 0.3) is 0 Å². The van der Waals surface area contributed by atoms with E-state index in [1.807, 2.05) is 6.07 Å². The first-order valence-corrected chi connectivity index (χ1v) is 8.14. The molecule has 0 radical (unpaired) electrons. The van der Waals surface area contributed by atoms with Crippen LogP contribution >= 0.6 is 0 Å². The van der Waals surface area contributed by atoms with Gasteiger partial charge in [-0.25, -0.2) is 0 Å². The van der Waals surface area contributed by atoms with E-state index < -0.39 is 0 Å². The first-order chi connectivity index (χ1) is 11.1. The van der Waals surface area contributed by atoms with Crippen LogP contribution in [0.2, 0.25) is 0 Å². The van der Waals surface area contributed by atoms with Crippen LogP contribution in [0.4, 0.5) is 5.69 Å². The SMILES string of the molecule is CC1(C)c2ccc(Cc3ccccc3)cc2-c2c(N)cccc21. The fourth-order valence-electron chi connectivity index (χ4n) is 3.82. The van der Waals surface area contributed by atoms with Crippen molar-refractivity contribution in [3.63, 3.8) is 0 Å². The molecular weight excluding hydrogens is 278 g/mol. The van der Waals surface area contributed by atoms with Gasteiger partial charge in [-0.1, -0.05) is 74.5 Å². The van der Waals surface area contributed by atoms with Crippen molar-refractivity contribution in [2.75, 3.05) is 5.73 Å². The van der Waals surface area contributed by atoms with E-state index in [0.717, 1.165) is 12.1 Å². The molecule has 0 fully saturated rings. The smallest absolute Gasteiger partial charge is 0.0396 e. The highest BCUT2D eigenvalue weighted by molar-refractivity contribution is 5.88. The minimum atomic E-state index is 0.0192. The van der Waals surface area contributed by atoms with Crippen molar-refractivity contribution in [2.24, 2.45) is 0 Å². The van der Waals surface area contributed by atoms with E-state index in [9.17, 15) is 0 Å². The molecule has 0 aromatic heterocycles. The molecule has 0 aliphatic heterocycles. The Morgan fingerprint density at radius 1 is 0.783 bits per heavy atom. The van der Waals surface area contributed by atoms with E-state index in [2.05, 4.69) is 74.5 Å². The number of benzene rings is 3. The van der Waals surface area contributed by atoms with E-state index in [1.165, 1.54) is 33.4 Å². The summed E-state index contributed by atoms with van der Waals surface area (Å²) in [6.45, 7) is 4.57. The predicted octanol–water partition coefficient (Wildman–Crippen LogP) is 5.17. The highest BCUT2D eigenvalue weighted by atomic mass is 14.6. The Labute approximate surface area is 137 Å². The maximum atomic E-state index is 6.31. The molecule has 0 spiro atoms. The first-order valence-electron chi connectivity index (χ1n) is 8.14. The van der Waals surface area contributed by atoms with Crippen molar-refractivity contribution in [2.45, 2.75) is 25.7 Å². The molecule has 3 aromatic rings. The second kappa shape index (κ2) is 4.99. The molecule has 1 heteroatoms. The minimum absolute atomic E-state index is 0.0192. The Kier molecular flexibility index (Phi) is 3.05. The van der Waals surface area contributed by atoms with Gasteiger partial charge in [-0.2, -0.15) is 0 Å². The van der Waals surface area contributed by atoms with Gasteiger partial charge in [0, 0.05) is 16.7 Å². The molecule has 0 saturated heterocycles. The van der Waals surface area contributed by atoms with E-state index >= 15 is 0 Å². The molecule has 2 N–H and O–H groups in total. The van der Waals surface area contributed by atoms with Gasteiger partial charge in [0.15, 0.2) is 0 Å². The number of hydrogen-bond donors (Lipinski definition) is 1. The second-order valence-corrected chi connectivity index (χ2v) is 6.94. The van der Waals surface area contributed by atoms with Gasteiger partial charge in [0.1, 0.15) is 0 Å². The molecule has 1 aliphatic carbocycles. The minimum Gasteiger partial charge on any atom is -0.398 e. The van der Waals surface area contributed by atoms with E-state index in [1.54, 1.807) is 0 Å². The molecule has 1 aliphatic rings. The molecule has 1 nitrogen and oxygen atoms in total.